The third kappa shape index (κ3) is 4.59. The second kappa shape index (κ2) is 6.10. The average Bonchev–Trinajstić information content (AvgIpc) is 2.31. The van der Waals surface area contributed by atoms with E-state index in [0.29, 0.717) is 12.0 Å². The van der Waals surface area contributed by atoms with Crippen LogP contribution in [-0.4, -0.2) is 13.1 Å². The fourth-order valence-corrected chi connectivity index (χ4v) is 1.99. The van der Waals surface area contributed by atoms with E-state index in [4.69, 9.17) is 5.73 Å². The maximum absolute atomic E-state index is 13.1. The molecule has 0 bridgehead atoms. The lowest BCUT2D eigenvalue weighted by atomic mass is 9.81. The zero-order chi connectivity index (χ0) is 14.6. The summed E-state index contributed by atoms with van der Waals surface area (Å²) in [6, 6.07) is 3.14. The molecule has 0 spiro atoms. The monoisotopic (exact) mass is 271 g/mol. The molecular weight excluding hydrogens is 252 g/mol. The highest BCUT2D eigenvalue weighted by Gasteiger charge is 2.26. The molecule has 0 aromatic heterocycles. The van der Waals surface area contributed by atoms with Crippen LogP contribution in [-0.2, 0) is 9.53 Å². The lowest BCUT2D eigenvalue weighted by Crippen LogP contribution is -2.24. The predicted octanol–water partition coefficient (Wildman–Crippen LogP) is 2.94. The molecule has 2 N–H and O–H groups in total. The summed E-state index contributed by atoms with van der Waals surface area (Å²) in [7, 11) is 1.33. The molecule has 0 saturated heterocycles. The molecule has 1 rings (SSSR count). The highest BCUT2D eigenvalue weighted by atomic mass is 19.2. The number of esters is 1. The maximum Gasteiger partial charge on any atom is 0.306 e. The Morgan fingerprint density at radius 1 is 1.37 bits per heavy atom. The molecule has 1 atom stereocenters. The van der Waals surface area contributed by atoms with E-state index in [0.717, 1.165) is 12.1 Å². The molecule has 0 aliphatic rings. The molecule has 0 radical (unpaired) electrons. The Morgan fingerprint density at radius 3 is 2.53 bits per heavy atom. The van der Waals surface area contributed by atoms with Crippen LogP contribution >= 0.6 is 0 Å². The minimum Gasteiger partial charge on any atom is -0.469 e. The average molecular weight is 271 g/mol. The standard InChI is InChI=1S/C14H19F2NO2/c1-14(2,8-13(18)19-3)7-12(17)9-4-5-10(15)11(16)6-9/h4-6,12H,7-8,17H2,1-3H3. The van der Waals surface area contributed by atoms with Crippen LogP contribution in [0.5, 0.6) is 0 Å². The molecule has 3 nitrogen and oxygen atoms in total. The number of halogens is 2. The maximum atomic E-state index is 13.1. The van der Waals surface area contributed by atoms with E-state index >= 15 is 0 Å². The molecule has 1 unspecified atom stereocenters. The van der Waals surface area contributed by atoms with Crippen molar-refractivity contribution in [1.82, 2.24) is 0 Å². The fraction of sp³-hybridized carbons (Fsp3) is 0.500. The first-order valence-corrected chi connectivity index (χ1v) is 6.02. The van der Waals surface area contributed by atoms with E-state index in [1.165, 1.54) is 13.2 Å². The zero-order valence-electron chi connectivity index (χ0n) is 11.4. The molecule has 0 aliphatic heterocycles. The normalized spacial score (nSPS) is 13.2. The van der Waals surface area contributed by atoms with Gasteiger partial charge in [-0.3, -0.25) is 4.79 Å². The van der Waals surface area contributed by atoms with Crippen molar-refractivity contribution in [1.29, 1.82) is 0 Å². The first-order valence-electron chi connectivity index (χ1n) is 6.02. The summed E-state index contributed by atoms with van der Waals surface area (Å²) >= 11 is 0. The number of hydrogen-bond donors (Lipinski definition) is 1. The Bertz CT molecular complexity index is 461. The summed E-state index contributed by atoms with van der Waals surface area (Å²) in [6.45, 7) is 3.76. The molecule has 5 heteroatoms. The SMILES string of the molecule is COC(=O)CC(C)(C)CC(N)c1ccc(F)c(F)c1. The van der Waals surface area contributed by atoms with E-state index in [1.54, 1.807) is 0 Å². The quantitative estimate of drug-likeness (QED) is 0.838. The molecule has 106 valence electrons. The molecular formula is C14H19F2NO2. The molecule has 0 saturated carbocycles. The van der Waals surface area contributed by atoms with Crippen molar-refractivity contribution < 1.29 is 18.3 Å². The molecule has 0 amide bonds. The van der Waals surface area contributed by atoms with Gasteiger partial charge in [0, 0.05) is 6.04 Å². The van der Waals surface area contributed by atoms with Gasteiger partial charge < -0.3 is 10.5 Å². The topological polar surface area (TPSA) is 52.3 Å². The van der Waals surface area contributed by atoms with Crippen LogP contribution in [0.4, 0.5) is 8.78 Å². The summed E-state index contributed by atoms with van der Waals surface area (Å²) in [5, 5.41) is 0. The van der Waals surface area contributed by atoms with Crippen molar-refractivity contribution in [2.75, 3.05) is 7.11 Å². The van der Waals surface area contributed by atoms with Gasteiger partial charge in [-0.2, -0.15) is 0 Å². The molecule has 1 aromatic rings. The van der Waals surface area contributed by atoms with Gasteiger partial charge >= 0.3 is 5.97 Å². The van der Waals surface area contributed by atoms with Gasteiger partial charge in [0.1, 0.15) is 0 Å². The molecule has 0 heterocycles. The van der Waals surface area contributed by atoms with Gasteiger partial charge in [-0.15, -0.1) is 0 Å². The van der Waals surface area contributed by atoms with Crippen LogP contribution in [0.1, 0.15) is 38.3 Å². The molecule has 0 fully saturated rings. The smallest absolute Gasteiger partial charge is 0.306 e. The van der Waals surface area contributed by atoms with Crippen molar-refractivity contribution in [2.45, 2.75) is 32.7 Å². The lowest BCUT2D eigenvalue weighted by molar-refractivity contribution is -0.143. The molecule has 0 aliphatic carbocycles. The number of methoxy groups -OCH3 is 1. The highest BCUT2D eigenvalue weighted by Crippen LogP contribution is 2.32. The predicted molar refractivity (Wildman–Crippen MR) is 68.3 cm³/mol. The zero-order valence-corrected chi connectivity index (χ0v) is 11.4. The third-order valence-corrected chi connectivity index (χ3v) is 2.99. The van der Waals surface area contributed by atoms with Gasteiger partial charge in [-0.25, -0.2) is 8.78 Å². The van der Waals surface area contributed by atoms with Gasteiger partial charge in [-0.05, 0) is 29.5 Å². The van der Waals surface area contributed by atoms with Gasteiger partial charge in [0.05, 0.1) is 13.5 Å². The van der Waals surface area contributed by atoms with Gasteiger partial charge in [0.15, 0.2) is 11.6 Å². The Balaban J connectivity index is 2.75. The highest BCUT2D eigenvalue weighted by molar-refractivity contribution is 5.69. The van der Waals surface area contributed by atoms with Crippen molar-refractivity contribution in [3.8, 4) is 0 Å². The van der Waals surface area contributed by atoms with Crippen molar-refractivity contribution in [3.63, 3.8) is 0 Å². The Morgan fingerprint density at radius 2 is 2.00 bits per heavy atom. The van der Waals surface area contributed by atoms with Crippen LogP contribution in [0.15, 0.2) is 18.2 Å². The van der Waals surface area contributed by atoms with Crippen molar-refractivity contribution in [3.05, 3.63) is 35.4 Å². The Labute approximate surface area is 111 Å². The van der Waals surface area contributed by atoms with E-state index in [-0.39, 0.29) is 17.8 Å². The Kier molecular flexibility index (Phi) is 5.00. The number of ether oxygens (including phenoxy) is 1. The second-order valence-corrected chi connectivity index (χ2v) is 5.40. The van der Waals surface area contributed by atoms with Crippen LogP contribution < -0.4 is 5.73 Å². The first kappa shape index (κ1) is 15.6. The van der Waals surface area contributed by atoms with Crippen LogP contribution in [0, 0.1) is 17.0 Å². The summed E-state index contributed by atoms with van der Waals surface area (Å²) in [4.78, 5) is 11.3. The first-order chi connectivity index (χ1) is 8.75. The number of carbonyl (C=O) groups is 1. The largest absolute Gasteiger partial charge is 0.469 e. The van der Waals surface area contributed by atoms with E-state index in [1.807, 2.05) is 13.8 Å². The fourth-order valence-electron chi connectivity index (χ4n) is 1.99. The third-order valence-electron chi connectivity index (χ3n) is 2.99. The van der Waals surface area contributed by atoms with E-state index < -0.39 is 17.7 Å². The van der Waals surface area contributed by atoms with E-state index in [2.05, 4.69) is 4.74 Å². The van der Waals surface area contributed by atoms with Crippen LogP contribution in [0.3, 0.4) is 0 Å². The lowest BCUT2D eigenvalue weighted by Gasteiger charge is -2.27. The van der Waals surface area contributed by atoms with Crippen LogP contribution in [0.2, 0.25) is 0 Å². The number of hydrogen-bond acceptors (Lipinski definition) is 3. The van der Waals surface area contributed by atoms with Crippen molar-refractivity contribution in [2.24, 2.45) is 11.1 Å². The number of nitrogens with two attached hydrogens (primary N) is 1. The van der Waals surface area contributed by atoms with Gasteiger partial charge in [-0.1, -0.05) is 19.9 Å². The summed E-state index contributed by atoms with van der Waals surface area (Å²) in [5.41, 5.74) is 6.11. The summed E-state index contributed by atoms with van der Waals surface area (Å²) in [6.07, 6.45) is 0.689. The minimum atomic E-state index is -0.918. The van der Waals surface area contributed by atoms with Gasteiger partial charge in [0.25, 0.3) is 0 Å². The summed E-state index contributed by atoms with van der Waals surface area (Å²) in [5.74, 6) is -2.13. The summed E-state index contributed by atoms with van der Waals surface area (Å²) < 4.78 is 30.6. The van der Waals surface area contributed by atoms with E-state index in [9.17, 15) is 13.6 Å². The number of carbonyl (C=O) groups excluding carboxylic acids is 1. The number of benzene rings is 1. The van der Waals surface area contributed by atoms with Gasteiger partial charge in [0.2, 0.25) is 0 Å². The molecule has 19 heavy (non-hydrogen) atoms. The number of rotatable bonds is 5. The Hall–Kier alpha value is -1.49. The molecule has 1 aromatic carbocycles. The second-order valence-electron chi connectivity index (χ2n) is 5.40. The minimum absolute atomic E-state index is 0.223. The van der Waals surface area contributed by atoms with Crippen LogP contribution in [0.25, 0.3) is 0 Å². The van der Waals surface area contributed by atoms with Crippen molar-refractivity contribution >= 4 is 5.97 Å².